The first-order valence-corrected chi connectivity index (χ1v) is 10.7. The normalized spacial score (nSPS) is 11.4. The van der Waals surface area contributed by atoms with Crippen LogP contribution in [0.25, 0.3) is 0 Å². The number of benzene rings is 2. The van der Waals surface area contributed by atoms with Crippen molar-refractivity contribution < 1.29 is 38.1 Å². The zero-order valence-electron chi connectivity index (χ0n) is 16.7. The molecular formula is C21H20ClIO8. The van der Waals surface area contributed by atoms with Gasteiger partial charge >= 0.3 is 24.2 Å². The van der Waals surface area contributed by atoms with Gasteiger partial charge in [0, 0.05) is 8.59 Å². The van der Waals surface area contributed by atoms with Crippen molar-refractivity contribution in [3.63, 3.8) is 0 Å². The number of esters is 3. The van der Waals surface area contributed by atoms with Crippen LogP contribution in [0.2, 0.25) is 5.02 Å². The van der Waals surface area contributed by atoms with Crippen LogP contribution in [0, 0.1) is 3.57 Å². The molecule has 0 spiro atoms. The average Bonchev–Trinajstić information content (AvgIpc) is 2.74. The van der Waals surface area contributed by atoms with Crippen LogP contribution in [0.1, 0.15) is 13.8 Å². The molecule has 8 nitrogen and oxygen atoms in total. The van der Waals surface area contributed by atoms with Crippen molar-refractivity contribution in [1.29, 1.82) is 0 Å². The zero-order valence-corrected chi connectivity index (χ0v) is 19.6. The lowest BCUT2D eigenvalue weighted by atomic mass is 10.3. The van der Waals surface area contributed by atoms with Crippen LogP contribution in [-0.2, 0) is 28.6 Å². The molecule has 0 saturated carbocycles. The predicted molar refractivity (Wildman–Crippen MR) is 119 cm³/mol. The van der Waals surface area contributed by atoms with E-state index in [-0.39, 0.29) is 19.0 Å². The quantitative estimate of drug-likeness (QED) is 0.142. The summed E-state index contributed by atoms with van der Waals surface area (Å²) in [6.45, 7) is 3.06. The summed E-state index contributed by atoms with van der Waals surface area (Å²) >= 11 is 7.99. The minimum Gasteiger partial charge on any atom is -0.463 e. The van der Waals surface area contributed by atoms with E-state index in [9.17, 15) is 14.4 Å². The van der Waals surface area contributed by atoms with Crippen LogP contribution in [0.5, 0.6) is 11.5 Å². The van der Waals surface area contributed by atoms with Crippen LogP contribution in [0.3, 0.4) is 0 Å². The number of carbonyl (C=O) groups excluding carboxylic acids is 3. The molecule has 0 radical (unpaired) electrons. The lowest BCUT2D eigenvalue weighted by molar-refractivity contribution is -0.189. The molecular weight excluding hydrogens is 543 g/mol. The van der Waals surface area contributed by atoms with Gasteiger partial charge in [0.15, 0.2) is 0 Å². The summed E-state index contributed by atoms with van der Waals surface area (Å²) in [5, 5.41) is 0.467. The van der Waals surface area contributed by atoms with E-state index < -0.39 is 30.3 Å². The van der Waals surface area contributed by atoms with Crippen LogP contribution in [-0.4, -0.2) is 43.5 Å². The molecule has 2 aromatic carbocycles. The van der Waals surface area contributed by atoms with Gasteiger partial charge in [-0.25, -0.2) is 14.4 Å². The van der Waals surface area contributed by atoms with Gasteiger partial charge in [0.1, 0.15) is 11.5 Å². The molecule has 0 aliphatic rings. The Hall–Kier alpha value is -2.53. The number of hydrogen-bond acceptors (Lipinski definition) is 8. The molecule has 1 unspecified atom stereocenters. The largest absolute Gasteiger partial charge is 0.463 e. The minimum atomic E-state index is -1.91. The lowest BCUT2D eigenvalue weighted by Gasteiger charge is -2.21. The fourth-order valence-electron chi connectivity index (χ4n) is 2.19. The van der Waals surface area contributed by atoms with Gasteiger partial charge < -0.3 is 23.7 Å². The summed E-state index contributed by atoms with van der Waals surface area (Å²) in [5.41, 5.74) is 0. The van der Waals surface area contributed by atoms with Gasteiger partial charge in [0.25, 0.3) is 6.10 Å². The molecule has 0 fully saturated rings. The van der Waals surface area contributed by atoms with Gasteiger partial charge in [-0.15, -0.1) is 0 Å². The molecule has 0 saturated heterocycles. The molecule has 10 heteroatoms. The molecule has 0 amide bonds. The number of hydrogen-bond donors (Lipinski definition) is 0. The highest BCUT2D eigenvalue weighted by atomic mass is 127. The summed E-state index contributed by atoms with van der Waals surface area (Å²) in [6.07, 6.45) is -3.54. The van der Waals surface area contributed by atoms with E-state index >= 15 is 0 Å². The Labute approximate surface area is 197 Å². The van der Waals surface area contributed by atoms with E-state index in [1.54, 1.807) is 50.2 Å². The fourth-order valence-corrected chi connectivity index (χ4v) is 2.68. The van der Waals surface area contributed by atoms with Crippen molar-refractivity contribution in [2.24, 2.45) is 0 Å². The molecule has 31 heavy (non-hydrogen) atoms. The predicted octanol–water partition coefficient (Wildman–Crippen LogP) is 3.77. The summed E-state index contributed by atoms with van der Waals surface area (Å²) in [5.74, 6) is -2.69. The molecule has 0 heterocycles. The Kier molecular flexibility index (Phi) is 9.86. The SMILES string of the molecule is CCOC(=O)C(OC(=O)C(Oc1ccc(Cl)cc1)Oc1ccc(I)cc1)C(=O)OCC. The van der Waals surface area contributed by atoms with E-state index in [2.05, 4.69) is 22.6 Å². The topological polar surface area (TPSA) is 97.4 Å². The Morgan fingerprint density at radius 3 is 1.71 bits per heavy atom. The Balaban J connectivity index is 2.25. The monoisotopic (exact) mass is 562 g/mol. The van der Waals surface area contributed by atoms with E-state index in [0.717, 1.165) is 3.57 Å². The van der Waals surface area contributed by atoms with Crippen molar-refractivity contribution >= 4 is 52.1 Å². The second-order valence-corrected chi connectivity index (χ2v) is 7.48. The lowest BCUT2D eigenvalue weighted by Crippen LogP contribution is -2.43. The smallest absolute Gasteiger partial charge is 0.390 e. The standard InChI is InChI=1S/C21H20ClIO8/c1-3-27-18(24)17(19(25)28-4-2)31-20(26)21(29-15-9-5-13(22)6-10-15)30-16-11-7-14(23)8-12-16/h5-12,17,21H,3-4H2,1-2H3. The van der Waals surface area contributed by atoms with Crippen molar-refractivity contribution in [2.45, 2.75) is 26.2 Å². The van der Waals surface area contributed by atoms with Gasteiger partial charge in [-0.3, -0.25) is 0 Å². The van der Waals surface area contributed by atoms with Crippen molar-refractivity contribution in [3.8, 4) is 11.5 Å². The fraction of sp³-hybridized carbons (Fsp3) is 0.286. The second-order valence-electron chi connectivity index (χ2n) is 5.80. The van der Waals surface area contributed by atoms with Crippen LogP contribution in [0.4, 0.5) is 0 Å². The van der Waals surface area contributed by atoms with Crippen LogP contribution < -0.4 is 9.47 Å². The van der Waals surface area contributed by atoms with Crippen LogP contribution in [0.15, 0.2) is 48.5 Å². The molecule has 166 valence electrons. The van der Waals surface area contributed by atoms with E-state index in [4.69, 9.17) is 35.3 Å². The summed E-state index contributed by atoms with van der Waals surface area (Å²) in [7, 11) is 0. The number of rotatable bonds is 10. The maximum atomic E-state index is 12.8. The van der Waals surface area contributed by atoms with E-state index in [1.807, 2.05) is 0 Å². The molecule has 0 aliphatic carbocycles. The minimum absolute atomic E-state index is 0.0177. The third-order valence-electron chi connectivity index (χ3n) is 3.54. The summed E-state index contributed by atoms with van der Waals surface area (Å²) in [6, 6.07) is 12.9. The van der Waals surface area contributed by atoms with E-state index in [1.165, 1.54) is 12.1 Å². The number of ether oxygens (including phenoxy) is 5. The van der Waals surface area contributed by atoms with Crippen molar-refractivity contribution in [3.05, 3.63) is 57.1 Å². The molecule has 2 rings (SSSR count). The molecule has 1 atom stereocenters. The Morgan fingerprint density at radius 2 is 1.26 bits per heavy atom. The molecule has 2 aromatic rings. The Bertz CT molecular complexity index is 820. The highest BCUT2D eigenvalue weighted by Crippen LogP contribution is 2.21. The van der Waals surface area contributed by atoms with Gasteiger partial charge in [0.2, 0.25) is 0 Å². The maximum absolute atomic E-state index is 12.8. The highest BCUT2D eigenvalue weighted by Gasteiger charge is 2.37. The van der Waals surface area contributed by atoms with Crippen molar-refractivity contribution in [1.82, 2.24) is 0 Å². The zero-order chi connectivity index (χ0) is 22.8. The summed E-state index contributed by atoms with van der Waals surface area (Å²) < 4.78 is 26.8. The molecule has 0 aromatic heterocycles. The Morgan fingerprint density at radius 1 is 0.806 bits per heavy atom. The molecule has 0 N–H and O–H groups in total. The first-order chi connectivity index (χ1) is 14.8. The summed E-state index contributed by atoms with van der Waals surface area (Å²) in [4.78, 5) is 37.0. The maximum Gasteiger partial charge on any atom is 0.390 e. The van der Waals surface area contributed by atoms with E-state index in [0.29, 0.717) is 10.8 Å². The number of carbonyl (C=O) groups is 3. The first-order valence-electron chi connectivity index (χ1n) is 9.22. The first kappa shape index (κ1) is 24.7. The van der Waals surface area contributed by atoms with Crippen molar-refractivity contribution in [2.75, 3.05) is 13.2 Å². The highest BCUT2D eigenvalue weighted by molar-refractivity contribution is 14.1. The van der Waals surface area contributed by atoms with Gasteiger partial charge in [-0.2, -0.15) is 0 Å². The molecule has 0 aliphatic heterocycles. The third-order valence-corrected chi connectivity index (χ3v) is 4.51. The molecule has 0 bridgehead atoms. The average molecular weight is 563 g/mol. The van der Waals surface area contributed by atoms with Crippen LogP contribution >= 0.6 is 34.2 Å². The third kappa shape index (κ3) is 7.91. The van der Waals surface area contributed by atoms with Gasteiger partial charge in [-0.05, 0) is 85.0 Å². The van der Waals surface area contributed by atoms with Gasteiger partial charge in [0.05, 0.1) is 13.2 Å². The number of halogens is 2. The second kappa shape index (κ2) is 12.4. The van der Waals surface area contributed by atoms with Gasteiger partial charge in [-0.1, -0.05) is 11.6 Å².